The Bertz CT molecular complexity index is 788. The van der Waals surface area contributed by atoms with Gasteiger partial charge in [0.1, 0.15) is 11.5 Å². The molecule has 0 saturated heterocycles. The summed E-state index contributed by atoms with van der Waals surface area (Å²) < 4.78 is 6.28. The summed E-state index contributed by atoms with van der Waals surface area (Å²) in [7, 11) is 0. The average Bonchev–Trinajstić information content (AvgIpc) is 2.63. The summed E-state index contributed by atoms with van der Waals surface area (Å²) in [6.07, 6.45) is 2.47. The molecule has 26 heavy (non-hydrogen) atoms. The van der Waals surface area contributed by atoms with E-state index >= 15 is 0 Å². The molecule has 0 aliphatic carbocycles. The Labute approximate surface area is 162 Å². The van der Waals surface area contributed by atoms with Gasteiger partial charge in [0.2, 0.25) is 0 Å². The van der Waals surface area contributed by atoms with E-state index in [-0.39, 0.29) is 18.3 Å². The maximum absolute atomic E-state index is 11.8. The van der Waals surface area contributed by atoms with Gasteiger partial charge in [-0.25, -0.2) is 5.43 Å². The first-order valence-electron chi connectivity index (χ1n) is 8.44. The van der Waals surface area contributed by atoms with Crippen molar-refractivity contribution < 1.29 is 14.6 Å². The number of hydrogen-bond acceptors (Lipinski definition) is 4. The number of halogens is 1. The van der Waals surface area contributed by atoms with E-state index < -0.39 is 0 Å². The van der Waals surface area contributed by atoms with Crippen LogP contribution < -0.4 is 10.2 Å². The third-order valence-electron chi connectivity index (χ3n) is 4.12. The fraction of sp³-hybridized carbons (Fsp3) is 0.300. The predicted octanol–water partition coefficient (Wildman–Crippen LogP) is 4.51. The number of carbonyl (C=O) groups is 1. The summed E-state index contributed by atoms with van der Waals surface area (Å²) in [4.78, 5) is 11.8. The van der Waals surface area contributed by atoms with Gasteiger partial charge in [-0.05, 0) is 54.7 Å². The van der Waals surface area contributed by atoms with Crippen LogP contribution in [0.2, 0.25) is 0 Å². The van der Waals surface area contributed by atoms with Crippen LogP contribution in [-0.2, 0) is 4.79 Å². The number of aryl methyl sites for hydroxylation is 1. The van der Waals surface area contributed by atoms with Gasteiger partial charge in [0, 0.05) is 10.0 Å². The maximum atomic E-state index is 11.8. The number of nitrogens with zero attached hydrogens (tertiary/aromatic N) is 1. The van der Waals surface area contributed by atoms with Crippen LogP contribution in [0.25, 0.3) is 0 Å². The quantitative estimate of drug-likeness (QED) is 0.513. The third-order valence-corrected chi connectivity index (χ3v) is 4.58. The lowest BCUT2D eigenvalue weighted by Crippen LogP contribution is -2.24. The van der Waals surface area contributed by atoms with Gasteiger partial charge < -0.3 is 9.84 Å². The Morgan fingerprint density at radius 2 is 2.04 bits per heavy atom. The summed E-state index contributed by atoms with van der Waals surface area (Å²) in [6, 6.07) is 11.3. The van der Waals surface area contributed by atoms with Crippen molar-refractivity contribution in [3.63, 3.8) is 0 Å². The number of phenolic OH excluding ortho intramolecular Hbond substituents is 1. The first-order valence-corrected chi connectivity index (χ1v) is 9.23. The summed E-state index contributed by atoms with van der Waals surface area (Å²) in [5.41, 5.74) is 4.87. The molecule has 138 valence electrons. The number of phenols is 1. The number of ether oxygens (including phenoxy) is 1. The molecule has 0 spiro atoms. The van der Waals surface area contributed by atoms with Crippen molar-refractivity contribution in [1.29, 1.82) is 0 Å². The molecule has 0 aromatic heterocycles. The van der Waals surface area contributed by atoms with Gasteiger partial charge in [-0.3, -0.25) is 4.79 Å². The predicted molar refractivity (Wildman–Crippen MR) is 107 cm³/mol. The topological polar surface area (TPSA) is 70.9 Å². The number of nitrogens with one attached hydrogen (secondary N) is 1. The van der Waals surface area contributed by atoms with E-state index in [0.717, 1.165) is 16.5 Å². The van der Waals surface area contributed by atoms with Gasteiger partial charge in [0.25, 0.3) is 5.91 Å². The summed E-state index contributed by atoms with van der Waals surface area (Å²) in [5.74, 6) is 0.888. The lowest BCUT2D eigenvalue weighted by atomic mass is 9.99. The zero-order chi connectivity index (χ0) is 19.1. The highest BCUT2D eigenvalue weighted by molar-refractivity contribution is 9.10. The van der Waals surface area contributed by atoms with Gasteiger partial charge in [-0.15, -0.1) is 0 Å². The monoisotopic (exact) mass is 418 g/mol. The number of hydrogen-bond donors (Lipinski definition) is 2. The Morgan fingerprint density at radius 3 is 2.69 bits per heavy atom. The minimum absolute atomic E-state index is 0.129. The number of hydrazone groups is 1. The van der Waals surface area contributed by atoms with Gasteiger partial charge in [-0.2, -0.15) is 5.10 Å². The van der Waals surface area contributed by atoms with E-state index in [1.54, 1.807) is 19.1 Å². The second-order valence-corrected chi connectivity index (χ2v) is 7.04. The molecule has 2 aromatic rings. The van der Waals surface area contributed by atoms with E-state index in [9.17, 15) is 9.90 Å². The standard InChI is InChI=1S/C20H23BrN2O3/c1-4-13(2)15-5-7-18(8-6-15)26-12-19(24)23-22-11-16-10-17(21)9-14(3)20(16)25/h5-11,13,25H,4,12H2,1-3H3,(H,23,24)/b22-11+/t13-/m1/s1. The summed E-state index contributed by atoms with van der Waals surface area (Å²) >= 11 is 3.36. The molecule has 0 bridgehead atoms. The van der Waals surface area contributed by atoms with E-state index in [1.807, 2.05) is 24.3 Å². The first kappa shape index (κ1) is 20.0. The van der Waals surface area contributed by atoms with Crippen LogP contribution in [0.15, 0.2) is 46.0 Å². The van der Waals surface area contributed by atoms with E-state index in [1.165, 1.54) is 11.8 Å². The van der Waals surface area contributed by atoms with Crippen molar-refractivity contribution in [1.82, 2.24) is 5.43 Å². The fourth-order valence-corrected chi connectivity index (χ4v) is 2.93. The molecule has 2 aromatic carbocycles. The van der Waals surface area contributed by atoms with Gasteiger partial charge >= 0.3 is 0 Å². The molecule has 6 heteroatoms. The third kappa shape index (κ3) is 5.59. The largest absolute Gasteiger partial charge is 0.507 e. The lowest BCUT2D eigenvalue weighted by molar-refractivity contribution is -0.123. The van der Waals surface area contributed by atoms with Crippen LogP contribution in [0, 0.1) is 6.92 Å². The number of aromatic hydroxyl groups is 1. The minimum Gasteiger partial charge on any atom is -0.507 e. The van der Waals surface area contributed by atoms with Crippen LogP contribution in [0.1, 0.15) is 42.9 Å². The molecule has 0 fully saturated rings. The minimum atomic E-state index is -0.376. The smallest absolute Gasteiger partial charge is 0.277 e. The van der Waals surface area contributed by atoms with Crippen molar-refractivity contribution >= 4 is 28.1 Å². The van der Waals surface area contributed by atoms with Crippen LogP contribution in [0.4, 0.5) is 0 Å². The van der Waals surface area contributed by atoms with Crippen LogP contribution in [0.3, 0.4) is 0 Å². The van der Waals surface area contributed by atoms with Crippen molar-refractivity contribution in [3.8, 4) is 11.5 Å². The molecule has 0 heterocycles. The van der Waals surface area contributed by atoms with Gasteiger partial charge in [0.15, 0.2) is 6.61 Å². The molecule has 1 atom stereocenters. The zero-order valence-corrected chi connectivity index (χ0v) is 16.7. The lowest BCUT2D eigenvalue weighted by Gasteiger charge is -2.10. The number of amides is 1. The van der Waals surface area contributed by atoms with Crippen molar-refractivity contribution in [2.45, 2.75) is 33.1 Å². The molecule has 5 nitrogen and oxygen atoms in total. The van der Waals surface area contributed by atoms with E-state index in [4.69, 9.17) is 4.74 Å². The molecule has 2 rings (SSSR count). The molecule has 2 N–H and O–H groups in total. The van der Waals surface area contributed by atoms with Crippen LogP contribution in [0.5, 0.6) is 11.5 Å². The SMILES string of the molecule is CC[C@@H](C)c1ccc(OCC(=O)N/N=C/c2cc(Br)cc(C)c2O)cc1. The first-order chi connectivity index (χ1) is 12.4. The van der Waals surface area contributed by atoms with E-state index in [0.29, 0.717) is 17.2 Å². The highest BCUT2D eigenvalue weighted by Crippen LogP contribution is 2.25. The average molecular weight is 419 g/mol. The Morgan fingerprint density at radius 1 is 1.35 bits per heavy atom. The van der Waals surface area contributed by atoms with Crippen molar-refractivity contribution in [2.24, 2.45) is 5.10 Å². The second-order valence-electron chi connectivity index (χ2n) is 6.12. The molecule has 0 aliphatic heterocycles. The number of carbonyl (C=O) groups excluding carboxylic acids is 1. The van der Waals surface area contributed by atoms with Gasteiger partial charge in [0.05, 0.1) is 6.21 Å². The van der Waals surface area contributed by atoms with Crippen LogP contribution >= 0.6 is 15.9 Å². The highest BCUT2D eigenvalue weighted by Gasteiger charge is 2.06. The number of benzene rings is 2. The normalized spacial score (nSPS) is 12.2. The number of rotatable bonds is 7. The molecule has 0 aliphatic rings. The van der Waals surface area contributed by atoms with Crippen LogP contribution in [-0.4, -0.2) is 23.8 Å². The Hall–Kier alpha value is -2.34. The summed E-state index contributed by atoms with van der Waals surface area (Å²) in [6.45, 7) is 5.97. The highest BCUT2D eigenvalue weighted by atomic mass is 79.9. The maximum Gasteiger partial charge on any atom is 0.277 e. The molecular formula is C20H23BrN2O3. The zero-order valence-electron chi connectivity index (χ0n) is 15.1. The van der Waals surface area contributed by atoms with Crippen molar-refractivity contribution in [2.75, 3.05) is 6.61 Å². The van der Waals surface area contributed by atoms with E-state index in [2.05, 4.69) is 40.3 Å². The molecule has 0 unspecified atom stereocenters. The summed E-state index contributed by atoms with van der Waals surface area (Å²) in [5, 5.41) is 13.8. The molecule has 1 amide bonds. The fourth-order valence-electron chi connectivity index (χ4n) is 2.34. The Balaban J connectivity index is 1.86. The molecular weight excluding hydrogens is 396 g/mol. The van der Waals surface area contributed by atoms with Gasteiger partial charge in [-0.1, -0.05) is 41.9 Å². The van der Waals surface area contributed by atoms with Crippen molar-refractivity contribution in [3.05, 3.63) is 57.6 Å². The molecule has 0 radical (unpaired) electrons. The second kappa shape index (κ2) is 9.38. The Kier molecular flexibility index (Phi) is 7.21. The molecule has 0 saturated carbocycles.